The lowest BCUT2D eigenvalue weighted by molar-refractivity contribution is 0.636. The quantitative estimate of drug-likeness (QED) is 0.158. The van der Waals surface area contributed by atoms with Gasteiger partial charge in [-0.25, -0.2) is 4.39 Å². The first-order valence-electron chi connectivity index (χ1n) is 13.6. The zero-order valence-electron chi connectivity index (χ0n) is 21.7. The highest BCUT2D eigenvalue weighted by Gasteiger charge is 2.07. The molecular formula is C35H37F. The highest BCUT2D eigenvalue weighted by atomic mass is 19.1. The molecule has 184 valence electrons. The first kappa shape index (κ1) is 25.7. The molecular weight excluding hydrogens is 439 g/mol. The summed E-state index contributed by atoms with van der Waals surface area (Å²) in [5, 5.41) is 1.57. The summed E-state index contributed by atoms with van der Waals surface area (Å²) in [5.74, 6) is 5.92. The van der Waals surface area contributed by atoms with Gasteiger partial charge in [0, 0.05) is 10.9 Å². The molecule has 0 atom stereocenters. The Morgan fingerprint density at radius 2 is 1.19 bits per heavy atom. The molecule has 0 aliphatic heterocycles. The van der Waals surface area contributed by atoms with Gasteiger partial charge in [-0.3, -0.25) is 0 Å². The Labute approximate surface area is 216 Å². The number of fused-ring (bicyclic) bond motifs is 1. The Balaban J connectivity index is 1.39. The Kier molecular flexibility index (Phi) is 9.34. The number of rotatable bonds is 10. The van der Waals surface area contributed by atoms with Crippen molar-refractivity contribution in [2.24, 2.45) is 0 Å². The fourth-order valence-electron chi connectivity index (χ4n) is 4.69. The van der Waals surface area contributed by atoms with Crippen LogP contribution in [-0.4, -0.2) is 0 Å². The highest BCUT2D eigenvalue weighted by Crippen LogP contribution is 2.23. The van der Waals surface area contributed by atoms with Crippen LogP contribution < -0.4 is 0 Å². The molecule has 1 heteroatoms. The van der Waals surface area contributed by atoms with Crippen LogP contribution in [0.3, 0.4) is 0 Å². The van der Waals surface area contributed by atoms with Gasteiger partial charge in [0.25, 0.3) is 0 Å². The molecule has 0 heterocycles. The Bertz CT molecular complexity index is 1320. The van der Waals surface area contributed by atoms with Crippen LogP contribution >= 0.6 is 0 Å². The van der Waals surface area contributed by atoms with Gasteiger partial charge in [0.2, 0.25) is 0 Å². The van der Waals surface area contributed by atoms with Crippen LogP contribution in [0.4, 0.5) is 4.39 Å². The average molecular weight is 477 g/mol. The van der Waals surface area contributed by atoms with E-state index in [0.29, 0.717) is 10.9 Å². The van der Waals surface area contributed by atoms with Crippen molar-refractivity contribution in [1.29, 1.82) is 0 Å². The molecule has 0 aliphatic carbocycles. The SMILES string of the molecule is CCCCCCc1ccc(CCc2ccc3c(F)c(C#Cc4ccc(CCC)cc4)ccc3c2)cc1. The third-order valence-electron chi connectivity index (χ3n) is 6.90. The van der Waals surface area contributed by atoms with Crippen LogP contribution in [0.2, 0.25) is 0 Å². The van der Waals surface area contributed by atoms with Crippen molar-refractivity contribution in [3.8, 4) is 11.8 Å². The molecule has 36 heavy (non-hydrogen) atoms. The normalized spacial score (nSPS) is 10.9. The second kappa shape index (κ2) is 13.1. The number of hydrogen-bond donors (Lipinski definition) is 0. The summed E-state index contributed by atoms with van der Waals surface area (Å²) in [5.41, 5.74) is 6.69. The van der Waals surface area contributed by atoms with Gasteiger partial charge in [-0.05, 0) is 77.9 Å². The maximum Gasteiger partial charge on any atom is 0.146 e. The third-order valence-corrected chi connectivity index (χ3v) is 6.90. The summed E-state index contributed by atoms with van der Waals surface area (Å²) in [6.07, 6.45) is 10.5. The predicted octanol–water partition coefficient (Wildman–Crippen LogP) is 9.24. The molecule has 0 saturated heterocycles. The van der Waals surface area contributed by atoms with E-state index in [1.54, 1.807) is 6.07 Å². The van der Waals surface area contributed by atoms with Crippen molar-refractivity contribution < 1.29 is 4.39 Å². The van der Waals surface area contributed by atoms with Crippen LogP contribution in [0, 0.1) is 17.7 Å². The van der Waals surface area contributed by atoms with E-state index in [1.165, 1.54) is 54.4 Å². The van der Waals surface area contributed by atoms with E-state index in [0.717, 1.165) is 36.6 Å². The Morgan fingerprint density at radius 1 is 0.556 bits per heavy atom. The van der Waals surface area contributed by atoms with Crippen LogP contribution in [0.25, 0.3) is 10.8 Å². The summed E-state index contributed by atoms with van der Waals surface area (Å²) in [4.78, 5) is 0. The lowest BCUT2D eigenvalue weighted by atomic mass is 9.98. The second-order valence-corrected chi connectivity index (χ2v) is 9.81. The van der Waals surface area contributed by atoms with Gasteiger partial charge in [0.05, 0.1) is 5.56 Å². The molecule has 0 fully saturated rings. The first-order valence-corrected chi connectivity index (χ1v) is 13.6. The molecule has 0 bridgehead atoms. The van der Waals surface area contributed by atoms with Crippen molar-refractivity contribution in [2.45, 2.75) is 71.6 Å². The predicted molar refractivity (Wildman–Crippen MR) is 152 cm³/mol. The van der Waals surface area contributed by atoms with E-state index in [1.807, 2.05) is 24.3 Å². The molecule has 0 spiro atoms. The molecule has 4 aromatic rings. The van der Waals surface area contributed by atoms with E-state index in [4.69, 9.17) is 0 Å². The Morgan fingerprint density at radius 3 is 1.92 bits per heavy atom. The number of aryl methyl sites for hydroxylation is 4. The van der Waals surface area contributed by atoms with Gasteiger partial charge < -0.3 is 0 Å². The number of hydrogen-bond acceptors (Lipinski definition) is 0. The summed E-state index contributed by atoms with van der Waals surface area (Å²) >= 11 is 0. The molecule has 0 radical (unpaired) electrons. The molecule has 0 nitrogen and oxygen atoms in total. The zero-order valence-corrected chi connectivity index (χ0v) is 21.7. The van der Waals surface area contributed by atoms with Crippen molar-refractivity contribution in [3.05, 3.63) is 118 Å². The highest BCUT2D eigenvalue weighted by molar-refractivity contribution is 5.85. The molecule has 0 aliphatic rings. The molecule has 0 N–H and O–H groups in total. The maximum atomic E-state index is 15.2. The van der Waals surface area contributed by atoms with Gasteiger partial charge in [-0.1, -0.05) is 112 Å². The van der Waals surface area contributed by atoms with Crippen molar-refractivity contribution in [3.63, 3.8) is 0 Å². The van der Waals surface area contributed by atoms with Crippen LogP contribution in [0.1, 0.15) is 79.3 Å². The molecule has 0 saturated carbocycles. The van der Waals surface area contributed by atoms with Gasteiger partial charge in [-0.15, -0.1) is 0 Å². The van der Waals surface area contributed by atoms with Crippen molar-refractivity contribution in [2.75, 3.05) is 0 Å². The minimum Gasteiger partial charge on any atom is -0.205 e. The van der Waals surface area contributed by atoms with E-state index < -0.39 is 0 Å². The average Bonchev–Trinajstić information content (AvgIpc) is 2.91. The minimum atomic E-state index is -0.233. The molecule has 4 rings (SSSR count). The van der Waals surface area contributed by atoms with E-state index >= 15 is 4.39 Å². The third kappa shape index (κ3) is 7.08. The smallest absolute Gasteiger partial charge is 0.146 e. The van der Waals surface area contributed by atoms with Crippen LogP contribution in [0.5, 0.6) is 0 Å². The molecule has 0 aromatic heterocycles. The molecule has 0 unspecified atom stereocenters. The minimum absolute atomic E-state index is 0.233. The van der Waals surface area contributed by atoms with Gasteiger partial charge in [-0.2, -0.15) is 0 Å². The van der Waals surface area contributed by atoms with Crippen molar-refractivity contribution in [1.82, 2.24) is 0 Å². The Hall–Kier alpha value is -3.37. The summed E-state index contributed by atoms with van der Waals surface area (Å²) in [6.45, 7) is 4.43. The van der Waals surface area contributed by atoms with Gasteiger partial charge >= 0.3 is 0 Å². The summed E-state index contributed by atoms with van der Waals surface area (Å²) in [6, 6.07) is 27.2. The first-order chi connectivity index (χ1) is 17.7. The van der Waals surface area contributed by atoms with E-state index in [-0.39, 0.29) is 5.82 Å². The van der Waals surface area contributed by atoms with Crippen molar-refractivity contribution >= 4 is 10.8 Å². The van der Waals surface area contributed by atoms with Gasteiger partial charge in [0.1, 0.15) is 5.82 Å². The topological polar surface area (TPSA) is 0 Å². The second-order valence-electron chi connectivity index (χ2n) is 9.81. The van der Waals surface area contributed by atoms with Gasteiger partial charge in [0.15, 0.2) is 0 Å². The lowest BCUT2D eigenvalue weighted by Crippen LogP contribution is -1.94. The largest absolute Gasteiger partial charge is 0.205 e. The summed E-state index contributed by atoms with van der Waals surface area (Å²) < 4.78 is 15.2. The molecule has 0 amide bonds. The maximum absolute atomic E-state index is 15.2. The number of benzene rings is 4. The number of halogens is 1. The fraction of sp³-hybridized carbons (Fsp3) is 0.314. The monoisotopic (exact) mass is 476 g/mol. The summed E-state index contributed by atoms with van der Waals surface area (Å²) in [7, 11) is 0. The van der Waals surface area contributed by atoms with E-state index in [9.17, 15) is 0 Å². The zero-order chi connectivity index (χ0) is 25.2. The fourth-order valence-corrected chi connectivity index (χ4v) is 4.69. The lowest BCUT2D eigenvalue weighted by Gasteiger charge is -2.07. The van der Waals surface area contributed by atoms with Crippen LogP contribution in [-0.2, 0) is 25.7 Å². The van der Waals surface area contributed by atoms with E-state index in [2.05, 4.69) is 74.2 Å². The number of unbranched alkanes of at least 4 members (excludes halogenated alkanes) is 3. The van der Waals surface area contributed by atoms with Crippen LogP contribution in [0.15, 0.2) is 78.9 Å². The standard InChI is InChI=1S/C35H37F/c1-3-5-6-7-9-28-12-16-29(17-13-28)18-19-31-21-25-34-33(26-31)24-23-32(35(34)36)22-20-30-14-10-27(8-4-2)11-15-30/h10-17,21,23-26H,3-9,18-19H2,1-2H3. The molecule has 4 aromatic carbocycles.